The molecule has 0 bridgehead atoms. The van der Waals surface area contributed by atoms with Gasteiger partial charge in [-0.2, -0.15) is 0 Å². The molecule has 1 heterocycles. The van der Waals surface area contributed by atoms with Crippen LogP contribution in [0.25, 0.3) is 0 Å². The number of rotatable bonds is 27. The minimum absolute atomic E-state index is 0.00954. The highest BCUT2D eigenvalue weighted by atomic mass is 32.2. The summed E-state index contributed by atoms with van der Waals surface area (Å²) in [4.78, 5) is 34.2. The van der Waals surface area contributed by atoms with Crippen LogP contribution in [0.5, 0.6) is 17.2 Å². The summed E-state index contributed by atoms with van der Waals surface area (Å²) in [6.07, 6.45) is 11.7. The first-order valence-corrected chi connectivity index (χ1v) is 23.9. The number of amides is 1. The van der Waals surface area contributed by atoms with E-state index >= 15 is 0 Å². The van der Waals surface area contributed by atoms with Crippen molar-refractivity contribution in [1.82, 2.24) is 4.90 Å². The number of nitro benzene ring substituents is 1. The first-order chi connectivity index (χ1) is 32.2. The molecule has 1 fully saturated rings. The predicted octanol–water partition coefficient (Wildman–Crippen LogP) is 8.97. The van der Waals surface area contributed by atoms with Crippen molar-refractivity contribution in [3.05, 3.63) is 125 Å². The quantitative estimate of drug-likeness (QED) is 0.0216. The molecule has 6 rings (SSSR count). The van der Waals surface area contributed by atoms with E-state index in [1.807, 2.05) is 48.7 Å². The number of hydrogen-bond acceptors (Lipinski definition) is 14. The highest BCUT2D eigenvalue weighted by Gasteiger charge is 2.65. The van der Waals surface area contributed by atoms with Crippen molar-refractivity contribution < 1.29 is 53.6 Å². The van der Waals surface area contributed by atoms with E-state index in [9.17, 15) is 30.2 Å². The van der Waals surface area contributed by atoms with E-state index in [-0.39, 0.29) is 89.3 Å². The number of fused-ring (bicyclic) bond motifs is 2. The van der Waals surface area contributed by atoms with Gasteiger partial charge in [-0.25, -0.2) is 4.79 Å². The number of nitro groups is 1. The summed E-state index contributed by atoms with van der Waals surface area (Å²) in [6, 6.07) is 18.9. The minimum Gasteiger partial charge on any atom is -0.459 e. The van der Waals surface area contributed by atoms with Crippen molar-refractivity contribution in [2.75, 3.05) is 59.0 Å². The first-order valence-electron chi connectivity index (χ1n) is 22.7. The number of ether oxygens (including phenoxy) is 5. The standard InChI is InChI=1S/C50H63N3O12S/c1-4-6-28-61-49(57)52(23-29-60-30-26-56)46-33-44(51-63-34-35-13-15-37(16-14-35)53(58)59)42-31-36(11-7-9-24-54)41(12-8-10-25-55)47-43-32-39(64-38-17-20-40(66-3)21-18-38)19-22-45(43)65-50(46,48(42)47)62-27-5-2/h4-5,13-22,31-32,36,41,46-48,54-56H,1-2,6-12,23-30,33-34H2,3H3/t36-,41+,46-,47+,48+,50+/m0/s1. The Morgan fingerprint density at radius 2 is 1.70 bits per heavy atom. The Balaban J connectivity index is 1.56. The second-order valence-electron chi connectivity index (χ2n) is 16.5. The zero-order valence-electron chi connectivity index (χ0n) is 37.7. The third-order valence-corrected chi connectivity index (χ3v) is 13.1. The zero-order chi connectivity index (χ0) is 46.9. The number of allylic oxidation sites excluding steroid dienone is 1. The fourth-order valence-corrected chi connectivity index (χ4v) is 9.81. The summed E-state index contributed by atoms with van der Waals surface area (Å²) in [5.41, 5.74) is 2.90. The predicted molar refractivity (Wildman–Crippen MR) is 252 cm³/mol. The van der Waals surface area contributed by atoms with Crippen molar-refractivity contribution in [3.8, 4) is 17.2 Å². The summed E-state index contributed by atoms with van der Waals surface area (Å²) in [5.74, 6) is -0.670. The Hall–Kier alpha value is -5.23. The van der Waals surface area contributed by atoms with E-state index in [4.69, 9.17) is 33.7 Å². The Morgan fingerprint density at radius 3 is 2.38 bits per heavy atom. The molecule has 0 aromatic heterocycles. The second-order valence-corrected chi connectivity index (χ2v) is 17.3. The summed E-state index contributed by atoms with van der Waals surface area (Å²) in [6.45, 7) is 8.02. The van der Waals surface area contributed by atoms with Gasteiger partial charge in [0.1, 0.15) is 29.9 Å². The fraction of sp³-hybridized carbons (Fsp3) is 0.480. The molecule has 3 N–H and O–H groups in total. The minimum atomic E-state index is -1.55. The van der Waals surface area contributed by atoms with E-state index in [2.05, 4.69) is 19.2 Å². The number of oxime groups is 1. The molecule has 6 atom stereocenters. The summed E-state index contributed by atoms with van der Waals surface area (Å²) >= 11 is 1.64. The largest absolute Gasteiger partial charge is 0.459 e. The molecule has 2 aliphatic carbocycles. The second kappa shape index (κ2) is 25.1. The molecule has 3 aromatic carbocycles. The van der Waals surface area contributed by atoms with Gasteiger partial charge >= 0.3 is 6.09 Å². The normalized spacial score (nSPS) is 22.3. The number of aliphatic hydroxyl groups is 3. The highest BCUT2D eigenvalue weighted by Crippen LogP contribution is 2.62. The number of benzene rings is 3. The van der Waals surface area contributed by atoms with E-state index in [1.165, 1.54) is 12.1 Å². The van der Waals surface area contributed by atoms with Gasteiger partial charge in [0.25, 0.3) is 5.69 Å². The molecular weight excluding hydrogens is 867 g/mol. The molecule has 1 saturated carbocycles. The molecule has 3 aliphatic rings. The topological polar surface area (TPSA) is 192 Å². The first kappa shape index (κ1) is 50.2. The summed E-state index contributed by atoms with van der Waals surface area (Å²) < 4.78 is 32.5. The Morgan fingerprint density at radius 1 is 0.955 bits per heavy atom. The number of hydrogen-bond donors (Lipinski definition) is 3. The van der Waals surface area contributed by atoms with Crippen LogP contribution in [0.4, 0.5) is 10.5 Å². The Kier molecular flexibility index (Phi) is 19.1. The molecular formula is C50H63N3O12S. The Bertz CT molecular complexity index is 2130. The highest BCUT2D eigenvalue weighted by molar-refractivity contribution is 7.98. The van der Waals surface area contributed by atoms with E-state index < -0.39 is 28.8 Å². The number of thioether (sulfide) groups is 1. The number of nitrogens with zero attached hydrogens (tertiary/aromatic N) is 3. The smallest absolute Gasteiger partial charge is 0.410 e. The molecule has 66 heavy (non-hydrogen) atoms. The maximum Gasteiger partial charge on any atom is 0.410 e. The summed E-state index contributed by atoms with van der Waals surface area (Å²) in [7, 11) is 0. The molecule has 356 valence electrons. The van der Waals surface area contributed by atoms with E-state index in [0.29, 0.717) is 47.8 Å². The van der Waals surface area contributed by atoms with Gasteiger partial charge in [-0.3, -0.25) is 15.0 Å². The number of carbonyl (C=O) groups is 1. The van der Waals surface area contributed by atoms with Crippen molar-refractivity contribution >= 4 is 29.3 Å². The lowest BCUT2D eigenvalue weighted by Gasteiger charge is -2.59. The van der Waals surface area contributed by atoms with Crippen LogP contribution in [0.3, 0.4) is 0 Å². The van der Waals surface area contributed by atoms with Gasteiger partial charge in [0.05, 0.1) is 49.6 Å². The molecule has 0 unspecified atom stereocenters. The third-order valence-electron chi connectivity index (χ3n) is 12.4. The van der Waals surface area contributed by atoms with Crippen LogP contribution in [0.2, 0.25) is 0 Å². The Labute approximate surface area is 391 Å². The number of unbranched alkanes of at least 4 members (excludes halogenated alkanes) is 2. The number of aliphatic hydroxyl groups excluding tert-OH is 3. The maximum atomic E-state index is 14.5. The van der Waals surface area contributed by atoms with Crippen LogP contribution in [0.1, 0.15) is 68.4 Å². The molecule has 3 aromatic rings. The van der Waals surface area contributed by atoms with Gasteiger partial charge in [-0.05, 0) is 116 Å². The molecule has 0 saturated heterocycles. The number of non-ortho nitro benzene ring substituents is 1. The fourth-order valence-electron chi connectivity index (χ4n) is 9.41. The van der Waals surface area contributed by atoms with Crippen LogP contribution >= 0.6 is 11.8 Å². The average molecular weight is 930 g/mol. The molecule has 15 nitrogen and oxygen atoms in total. The lowest BCUT2D eigenvalue weighted by molar-refractivity contribution is -0.384. The van der Waals surface area contributed by atoms with Gasteiger partial charge in [0.15, 0.2) is 0 Å². The number of carbonyl (C=O) groups excluding carboxylic acids is 1. The molecule has 1 aliphatic heterocycles. The van der Waals surface area contributed by atoms with Crippen LogP contribution in [-0.4, -0.2) is 108 Å². The van der Waals surface area contributed by atoms with Crippen LogP contribution in [-0.2, 0) is 25.7 Å². The maximum absolute atomic E-state index is 14.5. The van der Waals surface area contributed by atoms with Gasteiger partial charge in [0.2, 0.25) is 5.79 Å². The lowest BCUT2D eigenvalue weighted by atomic mass is 9.55. The van der Waals surface area contributed by atoms with Crippen molar-refractivity contribution in [2.24, 2.45) is 22.9 Å². The van der Waals surface area contributed by atoms with Crippen molar-refractivity contribution in [1.29, 1.82) is 0 Å². The van der Waals surface area contributed by atoms with Gasteiger partial charge in [0, 0.05) is 54.7 Å². The molecule has 1 amide bonds. The van der Waals surface area contributed by atoms with Gasteiger partial charge < -0.3 is 43.8 Å². The van der Waals surface area contributed by atoms with Crippen molar-refractivity contribution in [2.45, 2.75) is 80.6 Å². The van der Waals surface area contributed by atoms with Gasteiger partial charge in [-0.15, -0.1) is 24.9 Å². The monoisotopic (exact) mass is 929 g/mol. The van der Waals surface area contributed by atoms with Gasteiger partial charge in [-0.1, -0.05) is 36.2 Å². The van der Waals surface area contributed by atoms with Crippen LogP contribution in [0.15, 0.2) is 114 Å². The van der Waals surface area contributed by atoms with Crippen LogP contribution in [0, 0.1) is 27.9 Å². The average Bonchev–Trinajstić information content (AvgIpc) is 3.33. The van der Waals surface area contributed by atoms with Crippen LogP contribution < -0.4 is 9.47 Å². The van der Waals surface area contributed by atoms with E-state index in [0.717, 1.165) is 41.7 Å². The van der Waals surface area contributed by atoms with E-state index in [1.54, 1.807) is 40.9 Å². The SMILES string of the molecule is C=CCCOC(=O)N(CCOCCO)[C@H]1CC(=NOCc2ccc([N+](=O)[O-])cc2)C2=C[C@H](CCCCO)[C@@H](CCCCO)[C@@H]3c4cc(Oc5ccc(SC)cc5)ccc4O[C@@]1(OCC=C)[C@H]23. The molecule has 0 spiro atoms. The van der Waals surface area contributed by atoms with Crippen molar-refractivity contribution in [3.63, 3.8) is 0 Å². The third kappa shape index (κ3) is 12.2. The lowest BCUT2D eigenvalue weighted by Crippen LogP contribution is -2.70. The summed E-state index contributed by atoms with van der Waals surface area (Å²) in [5, 5.41) is 45.7. The molecule has 16 heteroatoms. The molecule has 0 radical (unpaired) electrons. The zero-order valence-corrected chi connectivity index (χ0v) is 38.5.